The second-order valence-electron chi connectivity index (χ2n) is 7.00. The molecule has 0 aliphatic carbocycles. The Morgan fingerprint density at radius 3 is 2.50 bits per heavy atom. The Labute approximate surface area is 162 Å². The Bertz CT molecular complexity index is 873. The van der Waals surface area contributed by atoms with E-state index in [4.69, 9.17) is 9.47 Å². The molecule has 2 N–H and O–H groups in total. The van der Waals surface area contributed by atoms with Crippen LogP contribution in [0.5, 0.6) is 17.2 Å². The maximum absolute atomic E-state index is 12.4. The minimum atomic E-state index is -0.314. The Kier molecular flexibility index (Phi) is 5.06. The molecular weight excluding hydrogens is 360 g/mol. The molecule has 146 valence electrons. The lowest BCUT2D eigenvalue weighted by molar-refractivity contribution is -0.131. The van der Waals surface area contributed by atoms with Crippen LogP contribution in [-0.2, 0) is 4.79 Å². The van der Waals surface area contributed by atoms with Crippen molar-refractivity contribution in [3.63, 3.8) is 0 Å². The monoisotopic (exact) mass is 382 g/mol. The van der Waals surface area contributed by atoms with Crippen LogP contribution in [0.3, 0.4) is 0 Å². The first-order valence-corrected chi connectivity index (χ1v) is 9.35. The molecule has 0 aromatic heterocycles. The van der Waals surface area contributed by atoms with Crippen LogP contribution in [0.25, 0.3) is 0 Å². The zero-order chi connectivity index (χ0) is 19.5. The molecule has 2 aliphatic rings. The molecule has 7 heteroatoms. The lowest BCUT2D eigenvalue weighted by Gasteiger charge is -2.32. The van der Waals surface area contributed by atoms with E-state index in [9.17, 15) is 14.7 Å². The second kappa shape index (κ2) is 7.80. The van der Waals surface area contributed by atoms with Crippen molar-refractivity contribution in [2.45, 2.75) is 18.8 Å². The van der Waals surface area contributed by atoms with Gasteiger partial charge < -0.3 is 24.8 Å². The van der Waals surface area contributed by atoms with Crippen molar-refractivity contribution in [2.24, 2.45) is 0 Å². The van der Waals surface area contributed by atoms with Crippen LogP contribution in [0.15, 0.2) is 42.5 Å². The summed E-state index contributed by atoms with van der Waals surface area (Å²) in [5.41, 5.74) is 1.61. The number of fused-ring (bicyclic) bond motifs is 1. The number of ether oxygens (including phenoxy) is 2. The summed E-state index contributed by atoms with van der Waals surface area (Å²) < 4.78 is 10.5. The van der Waals surface area contributed by atoms with Crippen LogP contribution >= 0.6 is 0 Å². The first-order valence-electron chi connectivity index (χ1n) is 9.35. The van der Waals surface area contributed by atoms with Crippen LogP contribution in [0.4, 0.5) is 0 Å². The van der Waals surface area contributed by atoms with Crippen molar-refractivity contribution in [2.75, 3.05) is 26.4 Å². The molecule has 2 aliphatic heterocycles. The number of amides is 2. The lowest BCUT2D eigenvalue weighted by Crippen LogP contribution is -2.43. The van der Waals surface area contributed by atoms with Gasteiger partial charge in [0, 0.05) is 18.7 Å². The highest BCUT2D eigenvalue weighted by Crippen LogP contribution is 2.32. The molecule has 1 saturated heterocycles. The first kappa shape index (κ1) is 18.2. The van der Waals surface area contributed by atoms with Gasteiger partial charge in [0.1, 0.15) is 5.75 Å². The Hall–Kier alpha value is -3.22. The number of phenolic OH excluding ortho intramolecular Hbond substituents is 1. The fraction of sp³-hybridized carbons (Fsp3) is 0.333. The van der Waals surface area contributed by atoms with Crippen LogP contribution < -0.4 is 14.8 Å². The summed E-state index contributed by atoms with van der Waals surface area (Å²) in [4.78, 5) is 26.5. The van der Waals surface area contributed by atoms with E-state index in [1.54, 1.807) is 35.2 Å². The molecular formula is C21H22N2O5. The van der Waals surface area contributed by atoms with Gasteiger partial charge >= 0.3 is 0 Å². The molecule has 0 saturated carbocycles. The molecule has 2 aromatic rings. The SMILES string of the molecule is O=C(NCC(=O)N1CCC(c2ccc(O)cc2)CC1)c1ccc2c(c1)OCO2. The van der Waals surface area contributed by atoms with Crippen molar-refractivity contribution in [3.05, 3.63) is 53.6 Å². The molecule has 0 unspecified atom stereocenters. The summed E-state index contributed by atoms with van der Waals surface area (Å²) in [6, 6.07) is 12.2. The third-order valence-electron chi connectivity index (χ3n) is 5.25. The number of carbonyl (C=O) groups is 2. The maximum atomic E-state index is 12.4. The Morgan fingerprint density at radius 1 is 1.04 bits per heavy atom. The number of aromatic hydroxyl groups is 1. The number of carbonyl (C=O) groups excluding carboxylic acids is 2. The minimum absolute atomic E-state index is 0.0306. The molecule has 7 nitrogen and oxygen atoms in total. The van der Waals surface area contributed by atoms with Crippen molar-refractivity contribution < 1.29 is 24.2 Å². The topological polar surface area (TPSA) is 88.1 Å². The van der Waals surface area contributed by atoms with Crippen LogP contribution in [-0.4, -0.2) is 48.2 Å². The highest BCUT2D eigenvalue weighted by molar-refractivity contribution is 5.97. The van der Waals surface area contributed by atoms with E-state index < -0.39 is 0 Å². The van der Waals surface area contributed by atoms with Gasteiger partial charge in [-0.15, -0.1) is 0 Å². The molecule has 2 heterocycles. The number of piperidine rings is 1. The zero-order valence-electron chi connectivity index (χ0n) is 15.4. The highest BCUT2D eigenvalue weighted by Gasteiger charge is 2.24. The molecule has 0 spiro atoms. The van der Waals surface area contributed by atoms with Gasteiger partial charge in [-0.1, -0.05) is 12.1 Å². The molecule has 28 heavy (non-hydrogen) atoms. The van der Waals surface area contributed by atoms with Crippen molar-refractivity contribution in [1.82, 2.24) is 10.2 Å². The predicted molar refractivity (Wildman–Crippen MR) is 102 cm³/mol. The van der Waals surface area contributed by atoms with Crippen molar-refractivity contribution in [3.8, 4) is 17.2 Å². The van der Waals surface area contributed by atoms with E-state index in [0.717, 1.165) is 12.8 Å². The smallest absolute Gasteiger partial charge is 0.251 e. The molecule has 0 radical (unpaired) electrons. The van der Waals surface area contributed by atoms with E-state index in [1.165, 1.54) is 5.56 Å². The lowest BCUT2D eigenvalue weighted by atomic mass is 9.89. The number of phenols is 1. The molecule has 0 bridgehead atoms. The minimum Gasteiger partial charge on any atom is -0.508 e. The number of nitrogens with zero attached hydrogens (tertiary/aromatic N) is 1. The van der Waals surface area contributed by atoms with Gasteiger partial charge in [-0.2, -0.15) is 0 Å². The zero-order valence-corrected chi connectivity index (χ0v) is 15.4. The van der Waals surface area contributed by atoms with Gasteiger partial charge in [0.2, 0.25) is 12.7 Å². The fourth-order valence-electron chi connectivity index (χ4n) is 3.62. The second-order valence-corrected chi connectivity index (χ2v) is 7.00. The standard InChI is InChI=1S/C21H22N2O5/c24-17-4-1-14(2-5-17)15-7-9-23(10-8-15)20(25)12-22-21(26)16-3-6-18-19(11-16)28-13-27-18/h1-6,11,15,24H,7-10,12-13H2,(H,22,26). The predicted octanol–water partition coefficient (Wildman–Crippen LogP) is 2.26. The Morgan fingerprint density at radius 2 is 1.75 bits per heavy atom. The van der Waals surface area contributed by atoms with E-state index in [2.05, 4.69) is 5.32 Å². The van der Waals surface area contributed by atoms with Crippen LogP contribution in [0.1, 0.15) is 34.7 Å². The normalized spacial score (nSPS) is 16.1. The summed E-state index contributed by atoms with van der Waals surface area (Å²) in [5, 5.41) is 12.1. The summed E-state index contributed by atoms with van der Waals surface area (Å²) in [5.74, 6) is 1.39. The number of rotatable bonds is 4. The van der Waals surface area contributed by atoms with Crippen LogP contribution in [0, 0.1) is 0 Å². The Balaban J connectivity index is 1.26. The third-order valence-corrected chi connectivity index (χ3v) is 5.25. The van der Waals surface area contributed by atoms with Gasteiger partial charge in [-0.3, -0.25) is 9.59 Å². The fourth-order valence-corrected chi connectivity index (χ4v) is 3.62. The summed E-state index contributed by atoms with van der Waals surface area (Å²) in [7, 11) is 0. The van der Waals surface area contributed by atoms with Gasteiger partial charge in [0.25, 0.3) is 5.91 Å². The van der Waals surface area contributed by atoms with Gasteiger partial charge in [-0.05, 0) is 54.7 Å². The van der Waals surface area contributed by atoms with Gasteiger partial charge in [-0.25, -0.2) is 0 Å². The summed E-state index contributed by atoms with van der Waals surface area (Å²) >= 11 is 0. The van der Waals surface area contributed by atoms with Crippen LogP contribution in [0.2, 0.25) is 0 Å². The number of hydrogen-bond donors (Lipinski definition) is 2. The average molecular weight is 382 g/mol. The quantitative estimate of drug-likeness (QED) is 0.847. The van der Waals surface area contributed by atoms with E-state index in [-0.39, 0.29) is 30.9 Å². The first-order chi connectivity index (χ1) is 13.6. The van der Waals surface area contributed by atoms with Gasteiger partial charge in [0.15, 0.2) is 11.5 Å². The highest BCUT2D eigenvalue weighted by atomic mass is 16.7. The summed E-state index contributed by atoms with van der Waals surface area (Å²) in [6.07, 6.45) is 1.74. The van der Waals surface area contributed by atoms with E-state index in [1.807, 2.05) is 12.1 Å². The molecule has 0 atom stereocenters. The molecule has 4 rings (SSSR count). The average Bonchev–Trinajstić information content (AvgIpc) is 3.20. The third kappa shape index (κ3) is 3.88. The molecule has 1 fully saturated rings. The van der Waals surface area contributed by atoms with E-state index in [0.29, 0.717) is 36.1 Å². The number of likely N-dealkylation sites (tertiary alicyclic amines) is 1. The molecule has 2 amide bonds. The molecule has 2 aromatic carbocycles. The van der Waals surface area contributed by atoms with Crippen molar-refractivity contribution in [1.29, 1.82) is 0 Å². The van der Waals surface area contributed by atoms with Gasteiger partial charge in [0.05, 0.1) is 6.54 Å². The largest absolute Gasteiger partial charge is 0.508 e. The summed E-state index contributed by atoms with van der Waals surface area (Å²) in [6.45, 7) is 1.44. The maximum Gasteiger partial charge on any atom is 0.251 e. The number of nitrogens with one attached hydrogen (secondary N) is 1. The number of benzene rings is 2. The number of hydrogen-bond acceptors (Lipinski definition) is 5. The van der Waals surface area contributed by atoms with Crippen molar-refractivity contribution >= 4 is 11.8 Å². The van der Waals surface area contributed by atoms with E-state index >= 15 is 0 Å².